The molecule has 0 spiro atoms. The minimum atomic E-state index is -0.850. The Morgan fingerprint density at radius 2 is 1.92 bits per heavy atom. The van der Waals surface area contributed by atoms with Crippen molar-refractivity contribution in [2.75, 3.05) is 13.1 Å². The summed E-state index contributed by atoms with van der Waals surface area (Å²) in [6.07, 6.45) is 2.19. The fourth-order valence-electron chi connectivity index (χ4n) is 3.67. The van der Waals surface area contributed by atoms with E-state index < -0.39 is 17.9 Å². The largest absolute Gasteiger partial charge is 0.481 e. The SMILES string of the molecule is Cc1ccc(CN2C(=O)CC[C@@H]2C(=O)N2CCC[C@H](C(=O)O)C2)cc1. The quantitative estimate of drug-likeness (QED) is 0.904. The Labute approximate surface area is 147 Å². The maximum atomic E-state index is 12.9. The summed E-state index contributed by atoms with van der Waals surface area (Å²) in [5.41, 5.74) is 2.15. The number of hydrogen-bond donors (Lipinski definition) is 1. The van der Waals surface area contributed by atoms with Crippen molar-refractivity contribution in [1.82, 2.24) is 9.80 Å². The fraction of sp³-hybridized carbons (Fsp3) is 0.526. The highest BCUT2D eigenvalue weighted by Crippen LogP contribution is 2.26. The highest BCUT2D eigenvalue weighted by molar-refractivity contribution is 5.91. The van der Waals surface area contributed by atoms with E-state index in [0.29, 0.717) is 38.8 Å². The van der Waals surface area contributed by atoms with E-state index in [-0.39, 0.29) is 18.4 Å². The Kier molecular flexibility index (Phi) is 5.06. The molecule has 0 unspecified atom stereocenters. The molecule has 134 valence electrons. The van der Waals surface area contributed by atoms with Crippen molar-refractivity contribution in [1.29, 1.82) is 0 Å². The van der Waals surface area contributed by atoms with Crippen LogP contribution in [0.25, 0.3) is 0 Å². The van der Waals surface area contributed by atoms with Crippen LogP contribution in [0.1, 0.15) is 36.8 Å². The number of nitrogens with zero attached hydrogens (tertiary/aromatic N) is 2. The van der Waals surface area contributed by atoms with E-state index in [1.54, 1.807) is 9.80 Å². The molecule has 0 bridgehead atoms. The van der Waals surface area contributed by atoms with Gasteiger partial charge in [0.1, 0.15) is 6.04 Å². The number of carbonyl (C=O) groups is 3. The maximum absolute atomic E-state index is 12.9. The van der Waals surface area contributed by atoms with E-state index in [4.69, 9.17) is 0 Å². The molecule has 2 fully saturated rings. The number of likely N-dealkylation sites (tertiary alicyclic amines) is 2. The molecule has 2 saturated heterocycles. The predicted molar refractivity (Wildman–Crippen MR) is 91.7 cm³/mol. The Morgan fingerprint density at radius 3 is 2.60 bits per heavy atom. The van der Waals surface area contributed by atoms with Gasteiger partial charge in [-0.1, -0.05) is 29.8 Å². The van der Waals surface area contributed by atoms with Crippen LogP contribution in [0.2, 0.25) is 0 Å². The lowest BCUT2D eigenvalue weighted by molar-refractivity contribution is -0.148. The molecule has 6 heteroatoms. The van der Waals surface area contributed by atoms with Crippen LogP contribution < -0.4 is 0 Å². The van der Waals surface area contributed by atoms with Crippen LogP contribution in [0.4, 0.5) is 0 Å². The predicted octanol–water partition coefficient (Wildman–Crippen LogP) is 1.81. The van der Waals surface area contributed by atoms with Gasteiger partial charge >= 0.3 is 5.97 Å². The van der Waals surface area contributed by atoms with Crippen molar-refractivity contribution in [2.45, 2.75) is 45.2 Å². The van der Waals surface area contributed by atoms with E-state index in [1.807, 2.05) is 31.2 Å². The van der Waals surface area contributed by atoms with Gasteiger partial charge in [-0.05, 0) is 31.7 Å². The number of carboxylic acid groups (broad SMARTS) is 1. The fourth-order valence-corrected chi connectivity index (χ4v) is 3.67. The third kappa shape index (κ3) is 3.83. The van der Waals surface area contributed by atoms with E-state index in [2.05, 4.69) is 0 Å². The maximum Gasteiger partial charge on any atom is 0.308 e. The Bertz CT molecular complexity index is 671. The van der Waals surface area contributed by atoms with Gasteiger partial charge in [0.25, 0.3) is 0 Å². The Morgan fingerprint density at radius 1 is 1.20 bits per heavy atom. The molecular formula is C19H24N2O4. The Balaban J connectivity index is 1.71. The monoisotopic (exact) mass is 344 g/mol. The van der Waals surface area contributed by atoms with Gasteiger partial charge in [-0.15, -0.1) is 0 Å². The molecule has 1 aromatic carbocycles. The van der Waals surface area contributed by atoms with Crippen LogP contribution in [-0.2, 0) is 20.9 Å². The zero-order valence-electron chi connectivity index (χ0n) is 14.5. The van der Waals surface area contributed by atoms with Crippen LogP contribution >= 0.6 is 0 Å². The molecule has 1 N–H and O–H groups in total. The van der Waals surface area contributed by atoms with E-state index in [1.165, 1.54) is 0 Å². The summed E-state index contributed by atoms with van der Waals surface area (Å²) in [5.74, 6) is -1.47. The lowest BCUT2D eigenvalue weighted by Gasteiger charge is -2.35. The molecule has 25 heavy (non-hydrogen) atoms. The molecule has 2 aliphatic rings. The van der Waals surface area contributed by atoms with Gasteiger partial charge in [-0.25, -0.2) is 0 Å². The minimum absolute atomic E-state index is 0.00859. The molecule has 0 radical (unpaired) electrons. The number of carbonyl (C=O) groups excluding carboxylic acids is 2. The number of piperidine rings is 1. The van der Waals surface area contributed by atoms with E-state index in [0.717, 1.165) is 11.1 Å². The molecule has 6 nitrogen and oxygen atoms in total. The Hall–Kier alpha value is -2.37. The normalized spacial score (nSPS) is 23.8. The summed E-state index contributed by atoms with van der Waals surface area (Å²) in [7, 11) is 0. The summed E-state index contributed by atoms with van der Waals surface area (Å²) < 4.78 is 0. The van der Waals surface area contributed by atoms with Gasteiger partial charge in [0.2, 0.25) is 11.8 Å². The van der Waals surface area contributed by atoms with Crippen LogP contribution in [0.15, 0.2) is 24.3 Å². The topological polar surface area (TPSA) is 77.9 Å². The van der Waals surface area contributed by atoms with Gasteiger partial charge < -0.3 is 14.9 Å². The summed E-state index contributed by atoms with van der Waals surface area (Å²) in [6.45, 7) is 3.25. The van der Waals surface area contributed by atoms with Crippen molar-refractivity contribution in [2.24, 2.45) is 5.92 Å². The van der Waals surface area contributed by atoms with Crippen LogP contribution in [0, 0.1) is 12.8 Å². The van der Waals surface area contributed by atoms with Crippen LogP contribution in [0.5, 0.6) is 0 Å². The zero-order chi connectivity index (χ0) is 18.0. The van der Waals surface area contributed by atoms with Crippen molar-refractivity contribution in [3.8, 4) is 0 Å². The molecular weight excluding hydrogens is 320 g/mol. The lowest BCUT2D eigenvalue weighted by atomic mass is 9.97. The summed E-state index contributed by atoms with van der Waals surface area (Å²) in [5, 5.41) is 9.21. The number of aryl methyl sites for hydroxylation is 1. The molecule has 0 aromatic heterocycles. The molecule has 0 saturated carbocycles. The summed E-state index contributed by atoms with van der Waals surface area (Å²) >= 11 is 0. The molecule has 1 aromatic rings. The lowest BCUT2D eigenvalue weighted by Crippen LogP contribution is -2.50. The van der Waals surface area contributed by atoms with E-state index >= 15 is 0 Å². The number of hydrogen-bond acceptors (Lipinski definition) is 3. The number of amides is 2. The molecule has 2 aliphatic heterocycles. The van der Waals surface area contributed by atoms with Crippen LogP contribution in [-0.4, -0.2) is 51.8 Å². The van der Waals surface area contributed by atoms with Gasteiger partial charge in [0.15, 0.2) is 0 Å². The number of benzene rings is 1. The van der Waals surface area contributed by atoms with Gasteiger partial charge in [0.05, 0.1) is 5.92 Å². The molecule has 2 amide bonds. The standard InChI is InChI=1S/C19H24N2O4/c1-13-4-6-14(7-5-13)11-21-16(8-9-17(21)22)18(23)20-10-2-3-15(12-20)19(24)25/h4-7,15-16H,2-3,8-12H2,1H3,(H,24,25)/t15-,16+/m0/s1. The first-order valence-electron chi connectivity index (χ1n) is 8.82. The third-order valence-corrected chi connectivity index (χ3v) is 5.17. The molecule has 2 heterocycles. The van der Waals surface area contributed by atoms with Crippen molar-refractivity contribution < 1.29 is 19.5 Å². The number of rotatable bonds is 4. The average molecular weight is 344 g/mol. The first-order chi connectivity index (χ1) is 12.0. The summed E-state index contributed by atoms with van der Waals surface area (Å²) in [4.78, 5) is 39.7. The zero-order valence-corrected chi connectivity index (χ0v) is 14.5. The van der Waals surface area contributed by atoms with Crippen molar-refractivity contribution >= 4 is 17.8 Å². The molecule has 2 atom stereocenters. The smallest absolute Gasteiger partial charge is 0.308 e. The number of carboxylic acids is 1. The second kappa shape index (κ2) is 7.25. The highest BCUT2D eigenvalue weighted by Gasteiger charge is 2.39. The van der Waals surface area contributed by atoms with Gasteiger partial charge in [-0.2, -0.15) is 0 Å². The minimum Gasteiger partial charge on any atom is -0.481 e. The second-order valence-electron chi connectivity index (χ2n) is 7.02. The average Bonchev–Trinajstić information content (AvgIpc) is 2.97. The van der Waals surface area contributed by atoms with Gasteiger partial charge in [-0.3, -0.25) is 14.4 Å². The first-order valence-corrected chi connectivity index (χ1v) is 8.82. The first kappa shape index (κ1) is 17.5. The third-order valence-electron chi connectivity index (χ3n) is 5.17. The molecule has 3 rings (SSSR count). The number of aliphatic carboxylic acids is 1. The van der Waals surface area contributed by atoms with Gasteiger partial charge in [0, 0.05) is 26.1 Å². The highest BCUT2D eigenvalue weighted by atomic mass is 16.4. The van der Waals surface area contributed by atoms with E-state index in [9.17, 15) is 19.5 Å². The molecule has 0 aliphatic carbocycles. The van der Waals surface area contributed by atoms with Crippen LogP contribution in [0.3, 0.4) is 0 Å². The second-order valence-corrected chi connectivity index (χ2v) is 7.02. The van der Waals surface area contributed by atoms with Crippen molar-refractivity contribution in [3.05, 3.63) is 35.4 Å². The summed E-state index contributed by atoms with van der Waals surface area (Å²) in [6, 6.07) is 7.47. The van der Waals surface area contributed by atoms with Crippen molar-refractivity contribution in [3.63, 3.8) is 0 Å².